The van der Waals surface area contributed by atoms with E-state index in [0.717, 1.165) is 57.8 Å². The molecule has 0 aliphatic heterocycles. The van der Waals surface area contributed by atoms with Gasteiger partial charge in [-0.25, -0.2) is 4.79 Å². The van der Waals surface area contributed by atoms with Gasteiger partial charge in [-0.3, -0.25) is 14.4 Å². The molecule has 0 fully saturated rings. The molecule has 0 aromatic carbocycles. The predicted molar refractivity (Wildman–Crippen MR) is 94.1 cm³/mol. The van der Waals surface area contributed by atoms with Crippen molar-refractivity contribution in [3.63, 3.8) is 0 Å². The van der Waals surface area contributed by atoms with Gasteiger partial charge in [0, 0.05) is 19.3 Å². The van der Waals surface area contributed by atoms with Crippen molar-refractivity contribution >= 4 is 23.8 Å². The zero-order valence-corrected chi connectivity index (χ0v) is 15.3. The summed E-state index contributed by atoms with van der Waals surface area (Å²) in [4.78, 5) is 47.8. The maximum Gasteiger partial charge on any atom is 0.332 e. The Kier molecular flexibility index (Phi) is 15.0. The maximum atomic E-state index is 11.4. The fourth-order valence-electron chi connectivity index (χ4n) is 2.40. The molecule has 0 rings (SSSR count). The first-order chi connectivity index (χ1) is 12.4. The third-order valence-electron chi connectivity index (χ3n) is 3.87. The highest BCUT2D eigenvalue weighted by Gasteiger charge is 2.08. The van der Waals surface area contributed by atoms with Crippen LogP contribution in [-0.4, -0.2) is 34.0 Å². The van der Waals surface area contributed by atoms with Crippen LogP contribution in [-0.2, 0) is 24.0 Å². The normalized spacial score (nSPS) is 10.3. The predicted octanol–water partition coefficient (Wildman–Crippen LogP) is 3.19. The highest BCUT2D eigenvalue weighted by Crippen LogP contribution is 2.12. The molecule has 150 valence electrons. The SMILES string of the molecule is O=C(O)CCCCCCCCCCCCC(=O)ONC(=O)CCC(=O)O. The quantitative estimate of drug-likeness (QED) is 0.280. The molecule has 0 aromatic rings. The monoisotopic (exact) mass is 373 g/mol. The standard InChI is InChI=1S/C18H31NO7/c20-15(13-14-17(23)24)19-26-18(25)12-10-8-6-4-2-1-3-5-7-9-11-16(21)22/h1-14H2,(H,19,20)(H,21,22)(H,23,24). The molecule has 0 atom stereocenters. The highest BCUT2D eigenvalue weighted by molar-refractivity contribution is 5.81. The van der Waals surface area contributed by atoms with Crippen LogP contribution < -0.4 is 5.48 Å². The molecular weight excluding hydrogens is 342 g/mol. The lowest BCUT2D eigenvalue weighted by Crippen LogP contribution is -2.27. The summed E-state index contributed by atoms with van der Waals surface area (Å²) < 4.78 is 0. The molecule has 0 bridgehead atoms. The molecule has 0 aliphatic rings. The van der Waals surface area contributed by atoms with E-state index in [-0.39, 0.29) is 25.7 Å². The lowest BCUT2D eigenvalue weighted by atomic mass is 10.1. The summed E-state index contributed by atoms with van der Waals surface area (Å²) in [6.07, 6.45) is 9.95. The van der Waals surface area contributed by atoms with E-state index < -0.39 is 23.8 Å². The molecule has 0 saturated carbocycles. The third-order valence-corrected chi connectivity index (χ3v) is 3.87. The zero-order valence-electron chi connectivity index (χ0n) is 15.3. The van der Waals surface area contributed by atoms with Crippen molar-refractivity contribution in [2.24, 2.45) is 0 Å². The van der Waals surface area contributed by atoms with Gasteiger partial charge in [0.2, 0.25) is 0 Å². The van der Waals surface area contributed by atoms with Crippen LogP contribution in [0.4, 0.5) is 0 Å². The summed E-state index contributed by atoms with van der Waals surface area (Å²) >= 11 is 0. The Morgan fingerprint density at radius 2 is 1.00 bits per heavy atom. The minimum Gasteiger partial charge on any atom is -0.481 e. The smallest absolute Gasteiger partial charge is 0.332 e. The first-order valence-corrected chi connectivity index (χ1v) is 9.34. The zero-order chi connectivity index (χ0) is 19.6. The molecule has 0 aromatic heterocycles. The molecule has 0 radical (unpaired) electrons. The van der Waals surface area contributed by atoms with Crippen LogP contribution in [0.15, 0.2) is 0 Å². The number of carbonyl (C=O) groups is 4. The van der Waals surface area contributed by atoms with Gasteiger partial charge in [-0.1, -0.05) is 51.4 Å². The topological polar surface area (TPSA) is 130 Å². The van der Waals surface area contributed by atoms with E-state index >= 15 is 0 Å². The lowest BCUT2D eigenvalue weighted by Gasteiger charge is -2.05. The largest absolute Gasteiger partial charge is 0.481 e. The number of carboxylic acids is 2. The second-order valence-corrected chi connectivity index (χ2v) is 6.32. The Labute approximate surface area is 154 Å². The number of rotatable bonds is 16. The molecule has 8 nitrogen and oxygen atoms in total. The Hall–Kier alpha value is -2.12. The van der Waals surface area contributed by atoms with Gasteiger partial charge < -0.3 is 15.1 Å². The van der Waals surface area contributed by atoms with Crippen LogP contribution in [0.3, 0.4) is 0 Å². The van der Waals surface area contributed by atoms with Crippen molar-refractivity contribution < 1.29 is 34.2 Å². The Balaban J connectivity index is 3.31. The number of hydrogen-bond donors (Lipinski definition) is 3. The highest BCUT2D eigenvalue weighted by atomic mass is 16.7. The number of unbranched alkanes of at least 4 members (excludes halogenated alkanes) is 9. The molecule has 8 heteroatoms. The van der Waals surface area contributed by atoms with E-state index in [2.05, 4.69) is 4.84 Å². The second-order valence-electron chi connectivity index (χ2n) is 6.32. The van der Waals surface area contributed by atoms with Gasteiger partial charge in [0.15, 0.2) is 0 Å². The van der Waals surface area contributed by atoms with Crippen molar-refractivity contribution in [1.82, 2.24) is 5.48 Å². The van der Waals surface area contributed by atoms with Crippen molar-refractivity contribution in [1.29, 1.82) is 0 Å². The number of amides is 1. The molecule has 0 aliphatic carbocycles. The van der Waals surface area contributed by atoms with Crippen LogP contribution >= 0.6 is 0 Å². The van der Waals surface area contributed by atoms with Crippen LogP contribution in [0.1, 0.15) is 89.9 Å². The molecule has 1 amide bonds. The van der Waals surface area contributed by atoms with E-state index in [1.165, 1.54) is 0 Å². The van der Waals surface area contributed by atoms with E-state index in [9.17, 15) is 19.2 Å². The Morgan fingerprint density at radius 1 is 0.577 bits per heavy atom. The van der Waals surface area contributed by atoms with Gasteiger partial charge in [0.25, 0.3) is 5.91 Å². The van der Waals surface area contributed by atoms with Gasteiger partial charge in [0.1, 0.15) is 0 Å². The summed E-state index contributed by atoms with van der Waals surface area (Å²) in [5.41, 5.74) is 1.95. The average molecular weight is 373 g/mol. The second kappa shape index (κ2) is 16.4. The van der Waals surface area contributed by atoms with Gasteiger partial charge >= 0.3 is 17.9 Å². The molecular formula is C18H31NO7. The molecule has 0 unspecified atom stereocenters. The third kappa shape index (κ3) is 18.2. The number of nitrogens with one attached hydrogen (secondary N) is 1. The Bertz CT molecular complexity index is 437. The lowest BCUT2D eigenvalue weighted by molar-refractivity contribution is -0.158. The van der Waals surface area contributed by atoms with E-state index in [4.69, 9.17) is 10.2 Å². The van der Waals surface area contributed by atoms with Crippen molar-refractivity contribution in [3.05, 3.63) is 0 Å². The number of aliphatic carboxylic acids is 2. The van der Waals surface area contributed by atoms with Crippen molar-refractivity contribution in [2.45, 2.75) is 89.9 Å². The fourth-order valence-corrected chi connectivity index (χ4v) is 2.40. The first-order valence-electron chi connectivity index (χ1n) is 9.34. The van der Waals surface area contributed by atoms with Crippen LogP contribution in [0.2, 0.25) is 0 Å². The van der Waals surface area contributed by atoms with Crippen molar-refractivity contribution in [3.8, 4) is 0 Å². The van der Waals surface area contributed by atoms with Gasteiger partial charge in [-0.15, -0.1) is 0 Å². The number of carboxylic acid groups (broad SMARTS) is 2. The summed E-state index contributed by atoms with van der Waals surface area (Å²) in [5, 5.41) is 16.9. The minimum atomic E-state index is -1.08. The fraction of sp³-hybridized carbons (Fsp3) is 0.778. The van der Waals surface area contributed by atoms with Gasteiger partial charge in [-0.05, 0) is 12.8 Å². The number of carbonyl (C=O) groups excluding carboxylic acids is 2. The van der Waals surface area contributed by atoms with E-state index in [0.29, 0.717) is 6.42 Å². The summed E-state index contributed by atoms with van der Waals surface area (Å²) in [6.45, 7) is 0. The van der Waals surface area contributed by atoms with Crippen LogP contribution in [0, 0.1) is 0 Å². The van der Waals surface area contributed by atoms with Crippen LogP contribution in [0.5, 0.6) is 0 Å². The molecule has 0 spiro atoms. The number of hydroxylamine groups is 1. The molecule has 26 heavy (non-hydrogen) atoms. The minimum absolute atomic E-state index is 0.220. The summed E-state index contributed by atoms with van der Waals surface area (Å²) in [7, 11) is 0. The number of hydrogen-bond acceptors (Lipinski definition) is 5. The Morgan fingerprint density at radius 3 is 1.46 bits per heavy atom. The molecule has 0 saturated heterocycles. The van der Waals surface area contributed by atoms with E-state index in [1.807, 2.05) is 5.48 Å². The molecule has 0 heterocycles. The van der Waals surface area contributed by atoms with Crippen LogP contribution in [0.25, 0.3) is 0 Å². The van der Waals surface area contributed by atoms with E-state index in [1.54, 1.807) is 0 Å². The maximum absolute atomic E-state index is 11.4. The first kappa shape index (κ1) is 23.9. The molecule has 3 N–H and O–H groups in total. The van der Waals surface area contributed by atoms with Gasteiger partial charge in [-0.2, -0.15) is 5.48 Å². The van der Waals surface area contributed by atoms with Gasteiger partial charge in [0.05, 0.1) is 6.42 Å². The average Bonchev–Trinajstić information content (AvgIpc) is 2.58. The summed E-state index contributed by atoms with van der Waals surface area (Å²) in [6, 6.07) is 0. The van der Waals surface area contributed by atoms with Crippen molar-refractivity contribution in [2.75, 3.05) is 0 Å². The summed E-state index contributed by atoms with van der Waals surface area (Å²) in [5.74, 6) is -2.95.